The number of hydrogen-bond donors (Lipinski definition) is 0. The highest BCUT2D eigenvalue weighted by atomic mass is 16.7. The maximum Gasteiger partial charge on any atom is 0.413 e. The summed E-state index contributed by atoms with van der Waals surface area (Å²) in [6.45, 7) is 1.44. The van der Waals surface area contributed by atoms with Gasteiger partial charge in [0, 0.05) is 6.42 Å². The van der Waals surface area contributed by atoms with Gasteiger partial charge in [0.1, 0.15) is 0 Å². The monoisotopic (exact) mass is 301 g/mol. The number of benzene rings is 1. The van der Waals surface area contributed by atoms with E-state index in [0.29, 0.717) is 0 Å². The minimum atomic E-state index is -0.566. The summed E-state index contributed by atoms with van der Waals surface area (Å²) in [7, 11) is 0. The van der Waals surface area contributed by atoms with E-state index in [1.54, 1.807) is 6.92 Å². The third kappa shape index (κ3) is 3.59. The predicted octanol–water partition coefficient (Wildman–Crippen LogP) is 2.66. The highest BCUT2D eigenvalue weighted by Crippen LogP contribution is 2.35. The Balaban J connectivity index is 2.03. The number of amides is 1. The van der Waals surface area contributed by atoms with Crippen molar-refractivity contribution < 1.29 is 19.1 Å². The predicted molar refractivity (Wildman–Crippen MR) is 80.8 cm³/mol. The van der Waals surface area contributed by atoms with Crippen LogP contribution in [0.4, 0.5) is 4.79 Å². The maximum atomic E-state index is 12.2. The fourth-order valence-electron chi connectivity index (χ4n) is 2.59. The topological polar surface area (TPSA) is 55.8 Å². The Morgan fingerprint density at radius 3 is 2.86 bits per heavy atom. The van der Waals surface area contributed by atoms with Crippen LogP contribution in [0.2, 0.25) is 0 Å². The normalized spacial score (nSPS) is 15.5. The van der Waals surface area contributed by atoms with Crippen molar-refractivity contribution in [1.82, 2.24) is 4.90 Å². The zero-order valence-corrected chi connectivity index (χ0v) is 12.6. The Morgan fingerprint density at radius 1 is 1.36 bits per heavy atom. The third-order valence-electron chi connectivity index (χ3n) is 3.66. The quantitative estimate of drug-likeness (QED) is 0.476. The molecule has 0 saturated carbocycles. The summed E-state index contributed by atoms with van der Waals surface area (Å²) in [4.78, 5) is 24.8. The minimum absolute atomic E-state index is 0.0957. The zero-order valence-electron chi connectivity index (χ0n) is 12.6. The molecule has 1 aliphatic carbocycles. The molecule has 1 aliphatic rings. The average Bonchev–Trinajstić information content (AvgIpc) is 2.96. The molecule has 0 saturated heterocycles. The van der Waals surface area contributed by atoms with E-state index in [-0.39, 0.29) is 25.8 Å². The Morgan fingerprint density at radius 2 is 2.14 bits per heavy atom. The molecule has 22 heavy (non-hydrogen) atoms. The number of aryl methyl sites for hydroxylation is 1. The summed E-state index contributed by atoms with van der Waals surface area (Å²) in [5.74, 6) is 2.07. The molecule has 1 amide bonds. The highest BCUT2D eigenvalue weighted by Gasteiger charge is 2.31. The lowest BCUT2D eigenvalue weighted by Crippen LogP contribution is -2.35. The van der Waals surface area contributed by atoms with Crippen LogP contribution in [0.5, 0.6) is 0 Å². The summed E-state index contributed by atoms with van der Waals surface area (Å²) < 4.78 is 9.77. The van der Waals surface area contributed by atoms with Crippen LogP contribution in [-0.4, -0.2) is 30.3 Å². The van der Waals surface area contributed by atoms with Gasteiger partial charge in [-0.2, -0.15) is 0 Å². The molecule has 0 fully saturated rings. The maximum absolute atomic E-state index is 12.2. The Bertz CT molecular complexity index is 591. The molecule has 0 radical (unpaired) electrons. The van der Waals surface area contributed by atoms with Crippen LogP contribution in [-0.2, 0) is 20.7 Å². The molecule has 0 aromatic heterocycles. The molecule has 2 rings (SSSR count). The molecule has 116 valence electrons. The van der Waals surface area contributed by atoms with Gasteiger partial charge in [-0.25, -0.2) is 4.79 Å². The molecular formula is C17H19NO4. The number of esters is 1. The van der Waals surface area contributed by atoms with Gasteiger partial charge in [-0.3, -0.25) is 9.69 Å². The van der Waals surface area contributed by atoms with Crippen molar-refractivity contribution in [3.63, 3.8) is 0 Å². The van der Waals surface area contributed by atoms with E-state index >= 15 is 0 Å². The number of carbonyl (C=O) groups is 2. The lowest BCUT2D eigenvalue weighted by Gasteiger charge is -2.27. The van der Waals surface area contributed by atoms with Gasteiger partial charge in [0.25, 0.3) is 0 Å². The van der Waals surface area contributed by atoms with E-state index in [2.05, 4.69) is 12.0 Å². The summed E-state index contributed by atoms with van der Waals surface area (Å²) in [6.07, 6.45) is 6.75. The van der Waals surface area contributed by atoms with Gasteiger partial charge in [-0.15, -0.1) is 6.42 Å². The minimum Gasteiger partial charge on any atom is -0.428 e. The standard InChI is InChI=1S/C17H19NO4/c1-3-11-18(17(20)22-12-21-16(19)4-2)15-10-9-13-7-5-6-8-14(13)15/h1,5-8,15H,4,9-12H2,2H3. The number of ether oxygens (including phenoxy) is 2. The van der Waals surface area contributed by atoms with E-state index < -0.39 is 12.1 Å². The van der Waals surface area contributed by atoms with Crippen LogP contribution in [0.25, 0.3) is 0 Å². The first-order valence-corrected chi connectivity index (χ1v) is 7.27. The van der Waals surface area contributed by atoms with Gasteiger partial charge in [0.2, 0.25) is 6.79 Å². The molecule has 0 N–H and O–H groups in total. The van der Waals surface area contributed by atoms with E-state index in [9.17, 15) is 9.59 Å². The molecule has 0 spiro atoms. The van der Waals surface area contributed by atoms with E-state index in [4.69, 9.17) is 15.9 Å². The van der Waals surface area contributed by atoms with Crippen LogP contribution in [0.15, 0.2) is 24.3 Å². The number of fused-ring (bicyclic) bond motifs is 1. The van der Waals surface area contributed by atoms with Crippen LogP contribution in [0.1, 0.15) is 36.9 Å². The Hall–Kier alpha value is -2.48. The number of nitrogens with zero attached hydrogens (tertiary/aromatic N) is 1. The van der Waals surface area contributed by atoms with Crippen molar-refractivity contribution in [3.05, 3.63) is 35.4 Å². The van der Waals surface area contributed by atoms with Crippen LogP contribution < -0.4 is 0 Å². The van der Waals surface area contributed by atoms with Crippen molar-refractivity contribution in [2.75, 3.05) is 13.3 Å². The smallest absolute Gasteiger partial charge is 0.413 e. The van der Waals surface area contributed by atoms with Crippen molar-refractivity contribution in [2.24, 2.45) is 0 Å². The van der Waals surface area contributed by atoms with Gasteiger partial charge < -0.3 is 9.47 Å². The van der Waals surface area contributed by atoms with Crippen LogP contribution in [0.3, 0.4) is 0 Å². The summed E-state index contributed by atoms with van der Waals surface area (Å²) in [5.41, 5.74) is 2.32. The van der Waals surface area contributed by atoms with Gasteiger partial charge >= 0.3 is 12.1 Å². The zero-order chi connectivity index (χ0) is 15.9. The molecule has 1 atom stereocenters. The molecule has 5 heteroatoms. The number of rotatable bonds is 5. The largest absolute Gasteiger partial charge is 0.428 e. The molecule has 1 aromatic carbocycles. The summed E-state index contributed by atoms with van der Waals surface area (Å²) in [5, 5.41) is 0. The molecule has 0 aliphatic heterocycles. The third-order valence-corrected chi connectivity index (χ3v) is 3.66. The Kier molecular flexibility index (Phi) is 5.42. The van der Waals surface area contributed by atoms with Crippen molar-refractivity contribution >= 4 is 12.1 Å². The first-order chi connectivity index (χ1) is 10.7. The fraction of sp³-hybridized carbons (Fsp3) is 0.412. The average molecular weight is 301 g/mol. The van der Waals surface area contributed by atoms with Gasteiger partial charge in [-0.05, 0) is 24.0 Å². The van der Waals surface area contributed by atoms with Gasteiger partial charge in [-0.1, -0.05) is 37.1 Å². The number of carbonyl (C=O) groups excluding carboxylic acids is 2. The second-order valence-electron chi connectivity index (χ2n) is 4.98. The summed E-state index contributed by atoms with van der Waals surface area (Å²) >= 11 is 0. The molecule has 1 unspecified atom stereocenters. The van der Waals surface area contributed by atoms with E-state index in [0.717, 1.165) is 18.4 Å². The molecule has 5 nitrogen and oxygen atoms in total. The number of terminal acetylenes is 1. The summed E-state index contributed by atoms with van der Waals surface area (Å²) in [6, 6.07) is 7.88. The molecule has 1 aromatic rings. The molecule has 0 bridgehead atoms. The highest BCUT2D eigenvalue weighted by molar-refractivity contribution is 5.70. The lowest BCUT2D eigenvalue weighted by molar-refractivity contribution is -0.152. The van der Waals surface area contributed by atoms with E-state index in [1.165, 1.54) is 10.5 Å². The first kappa shape index (κ1) is 15.9. The van der Waals surface area contributed by atoms with Crippen molar-refractivity contribution in [3.8, 4) is 12.3 Å². The van der Waals surface area contributed by atoms with Crippen LogP contribution in [0, 0.1) is 12.3 Å². The fourth-order valence-corrected chi connectivity index (χ4v) is 2.59. The van der Waals surface area contributed by atoms with Crippen LogP contribution >= 0.6 is 0 Å². The Labute approximate surface area is 130 Å². The molecule has 0 heterocycles. The number of hydrogen-bond acceptors (Lipinski definition) is 4. The van der Waals surface area contributed by atoms with Gasteiger partial charge in [0.15, 0.2) is 0 Å². The second kappa shape index (κ2) is 7.51. The van der Waals surface area contributed by atoms with Gasteiger partial charge in [0.05, 0.1) is 12.6 Å². The van der Waals surface area contributed by atoms with Crippen molar-refractivity contribution in [1.29, 1.82) is 0 Å². The lowest BCUT2D eigenvalue weighted by atomic mass is 10.1. The second-order valence-corrected chi connectivity index (χ2v) is 4.98. The van der Waals surface area contributed by atoms with Crippen molar-refractivity contribution in [2.45, 2.75) is 32.2 Å². The SMILES string of the molecule is C#CCN(C(=O)OCOC(=O)CC)C1CCc2ccccc21. The van der Waals surface area contributed by atoms with E-state index in [1.807, 2.05) is 18.2 Å². The first-order valence-electron chi connectivity index (χ1n) is 7.27. The molecular weight excluding hydrogens is 282 g/mol.